The SMILES string of the molecule is Cc1nccnc1N(CCC(N)=S)C1CC1. The second kappa shape index (κ2) is 4.74. The Kier molecular flexibility index (Phi) is 3.33. The van der Waals surface area contributed by atoms with Crippen molar-refractivity contribution in [3.63, 3.8) is 0 Å². The van der Waals surface area contributed by atoms with Gasteiger partial charge in [-0.15, -0.1) is 0 Å². The Morgan fingerprint density at radius 3 is 2.75 bits per heavy atom. The third-order valence-electron chi connectivity index (χ3n) is 2.71. The number of hydrogen-bond acceptors (Lipinski definition) is 4. The fraction of sp³-hybridized carbons (Fsp3) is 0.545. The monoisotopic (exact) mass is 236 g/mol. The van der Waals surface area contributed by atoms with Crippen molar-refractivity contribution in [1.29, 1.82) is 0 Å². The van der Waals surface area contributed by atoms with Crippen molar-refractivity contribution in [2.75, 3.05) is 11.4 Å². The Labute approximate surface area is 101 Å². The lowest BCUT2D eigenvalue weighted by Crippen LogP contribution is -2.31. The van der Waals surface area contributed by atoms with Crippen LogP contribution in [0, 0.1) is 6.92 Å². The van der Waals surface area contributed by atoms with Crippen LogP contribution in [-0.2, 0) is 0 Å². The van der Waals surface area contributed by atoms with Crippen molar-refractivity contribution >= 4 is 23.0 Å². The predicted octanol–water partition coefficient (Wildman–Crippen LogP) is 1.43. The Balaban J connectivity index is 2.12. The van der Waals surface area contributed by atoms with Crippen LogP contribution in [0.3, 0.4) is 0 Å². The zero-order valence-electron chi connectivity index (χ0n) is 9.39. The lowest BCUT2D eigenvalue weighted by Gasteiger charge is -2.24. The van der Waals surface area contributed by atoms with Crippen LogP contribution in [0.25, 0.3) is 0 Å². The number of nitrogens with two attached hydrogens (primary N) is 1. The largest absolute Gasteiger partial charge is 0.393 e. The van der Waals surface area contributed by atoms with Gasteiger partial charge in [-0.3, -0.25) is 4.98 Å². The average Bonchev–Trinajstić information content (AvgIpc) is 3.04. The van der Waals surface area contributed by atoms with Gasteiger partial charge in [0.05, 0.1) is 10.7 Å². The number of thiocarbonyl (C=S) groups is 1. The van der Waals surface area contributed by atoms with E-state index in [1.807, 2.05) is 6.92 Å². The normalized spacial score (nSPS) is 14.8. The zero-order chi connectivity index (χ0) is 11.5. The minimum absolute atomic E-state index is 0.562. The summed E-state index contributed by atoms with van der Waals surface area (Å²) in [7, 11) is 0. The zero-order valence-corrected chi connectivity index (χ0v) is 10.2. The molecule has 1 aromatic heterocycles. The fourth-order valence-corrected chi connectivity index (χ4v) is 1.85. The molecule has 86 valence electrons. The third-order valence-corrected chi connectivity index (χ3v) is 2.92. The molecule has 0 aliphatic heterocycles. The van der Waals surface area contributed by atoms with Crippen LogP contribution in [0.1, 0.15) is 25.0 Å². The molecule has 4 nitrogen and oxygen atoms in total. The number of rotatable bonds is 5. The van der Waals surface area contributed by atoms with Gasteiger partial charge in [0.25, 0.3) is 0 Å². The first-order chi connectivity index (χ1) is 7.68. The van der Waals surface area contributed by atoms with E-state index >= 15 is 0 Å². The third kappa shape index (κ3) is 2.66. The molecule has 1 saturated carbocycles. The predicted molar refractivity (Wildman–Crippen MR) is 68.5 cm³/mol. The molecule has 0 bridgehead atoms. The molecule has 0 aromatic carbocycles. The second-order valence-electron chi connectivity index (χ2n) is 4.11. The van der Waals surface area contributed by atoms with Crippen LogP contribution < -0.4 is 10.6 Å². The summed E-state index contributed by atoms with van der Waals surface area (Å²) in [6.45, 7) is 2.83. The topological polar surface area (TPSA) is 55.0 Å². The highest BCUT2D eigenvalue weighted by Gasteiger charge is 2.30. The van der Waals surface area contributed by atoms with E-state index in [1.54, 1.807) is 12.4 Å². The van der Waals surface area contributed by atoms with Gasteiger partial charge < -0.3 is 10.6 Å². The van der Waals surface area contributed by atoms with Crippen LogP contribution >= 0.6 is 12.2 Å². The molecule has 0 radical (unpaired) electrons. The van der Waals surface area contributed by atoms with Gasteiger partial charge in [-0.25, -0.2) is 4.98 Å². The summed E-state index contributed by atoms with van der Waals surface area (Å²) in [4.78, 5) is 11.5. The smallest absolute Gasteiger partial charge is 0.150 e. The maximum Gasteiger partial charge on any atom is 0.150 e. The highest BCUT2D eigenvalue weighted by Crippen LogP contribution is 2.31. The lowest BCUT2D eigenvalue weighted by atomic mass is 10.3. The Morgan fingerprint density at radius 2 is 2.19 bits per heavy atom. The number of hydrogen-bond donors (Lipinski definition) is 1. The number of anilines is 1. The summed E-state index contributed by atoms with van der Waals surface area (Å²) < 4.78 is 0. The highest BCUT2D eigenvalue weighted by molar-refractivity contribution is 7.80. The molecule has 1 heterocycles. The van der Waals surface area contributed by atoms with E-state index in [1.165, 1.54) is 12.8 Å². The lowest BCUT2D eigenvalue weighted by molar-refractivity contribution is 0.775. The molecule has 1 aromatic rings. The van der Waals surface area contributed by atoms with Gasteiger partial charge in [0.1, 0.15) is 5.82 Å². The molecular weight excluding hydrogens is 220 g/mol. The van der Waals surface area contributed by atoms with E-state index in [4.69, 9.17) is 18.0 Å². The summed E-state index contributed by atoms with van der Waals surface area (Å²) in [5.41, 5.74) is 6.52. The first-order valence-electron chi connectivity index (χ1n) is 5.51. The molecule has 0 atom stereocenters. The van der Waals surface area contributed by atoms with E-state index in [0.29, 0.717) is 11.0 Å². The minimum atomic E-state index is 0.562. The Bertz CT molecular complexity index is 389. The van der Waals surface area contributed by atoms with Crippen LogP contribution in [0.5, 0.6) is 0 Å². The molecule has 1 aliphatic rings. The minimum Gasteiger partial charge on any atom is -0.393 e. The van der Waals surface area contributed by atoms with E-state index in [0.717, 1.165) is 24.5 Å². The van der Waals surface area contributed by atoms with E-state index < -0.39 is 0 Å². The molecule has 2 N–H and O–H groups in total. The first kappa shape index (κ1) is 11.3. The molecule has 2 rings (SSSR count). The summed E-state index contributed by atoms with van der Waals surface area (Å²) in [5.74, 6) is 0.973. The molecule has 1 fully saturated rings. The summed E-state index contributed by atoms with van der Waals surface area (Å²) >= 11 is 4.92. The van der Waals surface area contributed by atoms with Gasteiger partial charge >= 0.3 is 0 Å². The fourth-order valence-electron chi connectivity index (χ4n) is 1.76. The molecule has 1 aliphatic carbocycles. The van der Waals surface area contributed by atoms with Crippen molar-refractivity contribution in [3.05, 3.63) is 18.1 Å². The van der Waals surface area contributed by atoms with Crippen LogP contribution in [0.15, 0.2) is 12.4 Å². The van der Waals surface area contributed by atoms with Crippen molar-refractivity contribution in [1.82, 2.24) is 9.97 Å². The van der Waals surface area contributed by atoms with E-state index in [2.05, 4.69) is 14.9 Å². The van der Waals surface area contributed by atoms with Crippen molar-refractivity contribution in [2.45, 2.75) is 32.2 Å². The quantitative estimate of drug-likeness (QED) is 0.784. The van der Waals surface area contributed by atoms with Gasteiger partial charge in [0.15, 0.2) is 0 Å². The summed E-state index contributed by atoms with van der Waals surface area (Å²) in [6, 6.07) is 0.602. The Hall–Kier alpha value is -1.23. The van der Waals surface area contributed by atoms with E-state index in [-0.39, 0.29) is 0 Å². The maximum atomic E-state index is 5.55. The average molecular weight is 236 g/mol. The molecule has 0 unspecified atom stereocenters. The van der Waals surface area contributed by atoms with Crippen molar-refractivity contribution < 1.29 is 0 Å². The molecule has 0 saturated heterocycles. The maximum absolute atomic E-state index is 5.55. The first-order valence-corrected chi connectivity index (χ1v) is 5.92. The number of aromatic nitrogens is 2. The van der Waals surface area contributed by atoms with Gasteiger partial charge in [-0.05, 0) is 19.8 Å². The van der Waals surface area contributed by atoms with Crippen molar-refractivity contribution in [3.8, 4) is 0 Å². The van der Waals surface area contributed by atoms with Crippen LogP contribution in [0.4, 0.5) is 5.82 Å². The van der Waals surface area contributed by atoms with Crippen LogP contribution in [0.2, 0.25) is 0 Å². The van der Waals surface area contributed by atoms with Gasteiger partial charge in [-0.2, -0.15) is 0 Å². The summed E-state index contributed by atoms with van der Waals surface area (Å²) in [5, 5.41) is 0. The standard InChI is InChI=1S/C11H16N4S/c1-8-11(14-6-5-13-8)15(9-2-3-9)7-4-10(12)16/h5-6,9H,2-4,7H2,1H3,(H2,12,16). The Morgan fingerprint density at radius 1 is 1.50 bits per heavy atom. The molecular formula is C11H16N4S. The van der Waals surface area contributed by atoms with Crippen LogP contribution in [-0.4, -0.2) is 27.5 Å². The molecule has 16 heavy (non-hydrogen) atoms. The van der Waals surface area contributed by atoms with Gasteiger partial charge in [0.2, 0.25) is 0 Å². The van der Waals surface area contributed by atoms with Gasteiger partial charge in [-0.1, -0.05) is 12.2 Å². The molecule has 5 heteroatoms. The second-order valence-corrected chi connectivity index (χ2v) is 4.63. The molecule has 0 spiro atoms. The molecule has 0 amide bonds. The number of aryl methyl sites for hydroxylation is 1. The van der Waals surface area contributed by atoms with Gasteiger partial charge in [0, 0.05) is 31.4 Å². The number of nitrogens with zero attached hydrogens (tertiary/aromatic N) is 3. The van der Waals surface area contributed by atoms with E-state index in [9.17, 15) is 0 Å². The summed E-state index contributed by atoms with van der Waals surface area (Å²) in [6.07, 6.45) is 6.65. The van der Waals surface area contributed by atoms with Crippen molar-refractivity contribution in [2.24, 2.45) is 5.73 Å². The highest BCUT2D eigenvalue weighted by atomic mass is 32.1.